The molecular weight excluding hydrogens is 542 g/mol. The van der Waals surface area contributed by atoms with E-state index in [4.69, 9.17) is 0 Å². The van der Waals surface area contributed by atoms with Gasteiger partial charge in [-0.25, -0.2) is 0 Å². The number of hydrogen-bond donors (Lipinski definition) is 0. The van der Waals surface area contributed by atoms with Crippen LogP contribution in [0.5, 0.6) is 0 Å². The van der Waals surface area contributed by atoms with E-state index in [1.807, 2.05) is 0 Å². The summed E-state index contributed by atoms with van der Waals surface area (Å²) in [5.41, 5.74) is 0. The molecule has 0 atom stereocenters. The van der Waals surface area contributed by atoms with E-state index in [1.54, 1.807) is 0 Å². The first-order valence-electron chi connectivity index (χ1n) is 22.1. The molecule has 0 heterocycles. The molecule has 272 valence electrons. The highest BCUT2D eigenvalue weighted by Gasteiger charge is 2.25. The highest BCUT2D eigenvalue weighted by atomic mass is 15.3. The molecular formula is C44H92N+. The van der Waals surface area contributed by atoms with Gasteiger partial charge in [-0.15, -0.1) is 0 Å². The predicted octanol–water partition coefficient (Wildman–Crippen LogP) is 15.9. The summed E-state index contributed by atoms with van der Waals surface area (Å²) >= 11 is 0. The molecule has 0 fully saturated rings. The van der Waals surface area contributed by atoms with Crippen molar-refractivity contribution < 1.29 is 4.48 Å². The second-order valence-corrected chi connectivity index (χ2v) is 15.5. The van der Waals surface area contributed by atoms with Gasteiger partial charge >= 0.3 is 0 Å². The Morgan fingerprint density at radius 3 is 0.533 bits per heavy atom. The Morgan fingerprint density at radius 1 is 0.178 bits per heavy atom. The summed E-state index contributed by atoms with van der Waals surface area (Å²) in [5.74, 6) is 0. The Balaban J connectivity index is 3.90. The standard InChI is InChI=1S/C44H92N/c1-5-9-13-15-17-19-21-23-25-26-27-28-30-32-34-36-38-40-44-45(41-11-7-3,42-12-8-4)43-39-37-35-33-31-29-24-22-20-18-16-14-10-6-2/h5-44H2,1-4H3/q+1. The fourth-order valence-corrected chi connectivity index (χ4v) is 7.65. The summed E-state index contributed by atoms with van der Waals surface area (Å²) in [5, 5.41) is 0. The fourth-order valence-electron chi connectivity index (χ4n) is 7.65. The first kappa shape index (κ1) is 45.0. The van der Waals surface area contributed by atoms with Gasteiger partial charge in [0.25, 0.3) is 0 Å². The molecule has 0 aliphatic carbocycles. The zero-order valence-electron chi connectivity index (χ0n) is 32.7. The van der Waals surface area contributed by atoms with Crippen molar-refractivity contribution in [2.75, 3.05) is 26.2 Å². The van der Waals surface area contributed by atoms with Crippen LogP contribution in [-0.2, 0) is 0 Å². The maximum absolute atomic E-state index is 2.40. The summed E-state index contributed by atoms with van der Waals surface area (Å²) in [4.78, 5) is 0. The van der Waals surface area contributed by atoms with Crippen LogP contribution in [0.4, 0.5) is 0 Å². The van der Waals surface area contributed by atoms with E-state index in [9.17, 15) is 0 Å². The normalized spacial score (nSPS) is 12.0. The predicted molar refractivity (Wildman–Crippen MR) is 209 cm³/mol. The zero-order valence-corrected chi connectivity index (χ0v) is 32.7. The molecule has 0 aliphatic rings. The highest BCUT2D eigenvalue weighted by Crippen LogP contribution is 2.20. The van der Waals surface area contributed by atoms with Gasteiger partial charge in [0, 0.05) is 0 Å². The third-order valence-electron chi connectivity index (χ3n) is 10.9. The van der Waals surface area contributed by atoms with Gasteiger partial charge in [0.15, 0.2) is 0 Å². The fraction of sp³-hybridized carbons (Fsp3) is 1.00. The smallest absolute Gasteiger partial charge is 0.0786 e. The van der Waals surface area contributed by atoms with Crippen LogP contribution in [0, 0.1) is 0 Å². The van der Waals surface area contributed by atoms with E-state index in [2.05, 4.69) is 27.7 Å². The molecule has 0 N–H and O–H groups in total. The van der Waals surface area contributed by atoms with Gasteiger partial charge in [-0.3, -0.25) is 0 Å². The lowest BCUT2D eigenvalue weighted by Gasteiger charge is -2.39. The monoisotopic (exact) mass is 635 g/mol. The Bertz CT molecular complexity index is 505. The largest absolute Gasteiger partial charge is 0.324 e. The van der Waals surface area contributed by atoms with Gasteiger partial charge < -0.3 is 4.48 Å². The van der Waals surface area contributed by atoms with E-state index in [-0.39, 0.29) is 0 Å². The third-order valence-corrected chi connectivity index (χ3v) is 10.9. The molecule has 0 aromatic carbocycles. The SMILES string of the molecule is CCCCCCCCCCCCCCCCCCCC[N+](CCCC)(CCCC)CCCCCCCCCCCCCCCC. The zero-order chi connectivity index (χ0) is 32.8. The van der Waals surface area contributed by atoms with Crippen LogP contribution in [0.15, 0.2) is 0 Å². The number of hydrogen-bond acceptors (Lipinski definition) is 0. The molecule has 1 heteroatoms. The first-order valence-corrected chi connectivity index (χ1v) is 22.1. The van der Waals surface area contributed by atoms with Crippen molar-refractivity contribution in [3.05, 3.63) is 0 Å². The Hall–Kier alpha value is -0.0400. The van der Waals surface area contributed by atoms with Crippen LogP contribution in [0.1, 0.15) is 259 Å². The topological polar surface area (TPSA) is 0 Å². The van der Waals surface area contributed by atoms with Gasteiger partial charge in [-0.05, 0) is 38.5 Å². The summed E-state index contributed by atoms with van der Waals surface area (Å²) in [6.45, 7) is 15.3. The van der Waals surface area contributed by atoms with E-state index in [0.29, 0.717) is 0 Å². The average molecular weight is 635 g/mol. The molecule has 1 nitrogen and oxygen atoms in total. The Labute approximate surface area is 288 Å². The van der Waals surface area contributed by atoms with Crippen LogP contribution in [0.3, 0.4) is 0 Å². The molecule has 0 aromatic rings. The van der Waals surface area contributed by atoms with Gasteiger partial charge in [-0.1, -0.05) is 220 Å². The Kier molecular flexibility index (Phi) is 38.4. The minimum atomic E-state index is 1.37. The molecule has 0 spiro atoms. The number of rotatable bonds is 40. The van der Waals surface area contributed by atoms with Crippen LogP contribution in [0.25, 0.3) is 0 Å². The van der Waals surface area contributed by atoms with Gasteiger partial charge in [-0.2, -0.15) is 0 Å². The van der Waals surface area contributed by atoms with Gasteiger partial charge in [0.1, 0.15) is 0 Å². The Morgan fingerprint density at radius 2 is 0.333 bits per heavy atom. The molecule has 0 unspecified atom stereocenters. The van der Waals surface area contributed by atoms with Gasteiger partial charge in [0.05, 0.1) is 26.2 Å². The second-order valence-electron chi connectivity index (χ2n) is 15.5. The van der Waals surface area contributed by atoms with Crippen molar-refractivity contribution in [2.24, 2.45) is 0 Å². The maximum atomic E-state index is 2.40. The van der Waals surface area contributed by atoms with Crippen molar-refractivity contribution in [1.29, 1.82) is 0 Å². The minimum absolute atomic E-state index is 1.37. The van der Waals surface area contributed by atoms with Crippen LogP contribution >= 0.6 is 0 Å². The first-order chi connectivity index (χ1) is 22.2. The molecule has 0 amide bonds. The molecule has 0 radical (unpaired) electrons. The quantitative estimate of drug-likeness (QED) is 0.0465. The van der Waals surface area contributed by atoms with Crippen molar-refractivity contribution in [3.63, 3.8) is 0 Å². The lowest BCUT2D eigenvalue weighted by atomic mass is 10.0. The van der Waals surface area contributed by atoms with Crippen LogP contribution in [-0.4, -0.2) is 30.7 Å². The van der Waals surface area contributed by atoms with Crippen LogP contribution in [0.2, 0.25) is 0 Å². The van der Waals surface area contributed by atoms with Crippen LogP contribution < -0.4 is 0 Å². The molecule has 0 bridgehead atoms. The maximum Gasteiger partial charge on any atom is 0.0786 e. The van der Waals surface area contributed by atoms with Crippen molar-refractivity contribution in [2.45, 2.75) is 259 Å². The lowest BCUT2D eigenvalue weighted by molar-refractivity contribution is -0.929. The molecule has 0 saturated carbocycles. The van der Waals surface area contributed by atoms with Crippen molar-refractivity contribution in [1.82, 2.24) is 0 Å². The number of nitrogens with zero attached hydrogens (tertiary/aromatic N) is 1. The van der Waals surface area contributed by atoms with E-state index in [0.717, 1.165) is 0 Å². The molecule has 0 aromatic heterocycles. The minimum Gasteiger partial charge on any atom is -0.324 e. The molecule has 0 rings (SSSR count). The number of quaternary nitrogens is 1. The molecule has 0 saturated heterocycles. The third kappa shape index (κ3) is 33.6. The molecule has 0 aliphatic heterocycles. The molecule has 45 heavy (non-hydrogen) atoms. The van der Waals surface area contributed by atoms with Crippen molar-refractivity contribution >= 4 is 0 Å². The van der Waals surface area contributed by atoms with E-state index in [1.165, 1.54) is 262 Å². The summed E-state index contributed by atoms with van der Waals surface area (Å²) < 4.78 is 1.46. The summed E-state index contributed by atoms with van der Waals surface area (Å²) in [7, 11) is 0. The average Bonchev–Trinajstić information content (AvgIpc) is 3.05. The van der Waals surface area contributed by atoms with Crippen molar-refractivity contribution in [3.8, 4) is 0 Å². The number of unbranched alkanes of at least 4 members (excludes halogenated alkanes) is 32. The van der Waals surface area contributed by atoms with E-state index < -0.39 is 0 Å². The van der Waals surface area contributed by atoms with Gasteiger partial charge in [0.2, 0.25) is 0 Å². The lowest BCUT2D eigenvalue weighted by Crippen LogP contribution is -2.50. The second kappa shape index (κ2) is 38.4. The summed E-state index contributed by atoms with van der Waals surface area (Å²) in [6.07, 6.45) is 52.8. The highest BCUT2D eigenvalue weighted by molar-refractivity contribution is 4.55. The summed E-state index contributed by atoms with van der Waals surface area (Å²) in [6, 6.07) is 0. The van der Waals surface area contributed by atoms with E-state index >= 15 is 0 Å².